The van der Waals surface area contributed by atoms with Crippen LogP contribution >= 0.6 is 0 Å². The van der Waals surface area contributed by atoms with Gasteiger partial charge in [0.15, 0.2) is 5.82 Å². The molecule has 9 heteroatoms. The van der Waals surface area contributed by atoms with E-state index in [9.17, 15) is 14.4 Å². The zero-order chi connectivity index (χ0) is 19.6. The first-order valence-electron chi connectivity index (χ1n) is 8.35. The average Bonchev–Trinajstić information content (AvgIpc) is 3.06. The van der Waals surface area contributed by atoms with Crippen LogP contribution in [-0.4, -0.2) is 62.5 Å². The normalized spacial score (nSPS) is 14.9. The van der Waals surface area contributed by atoms with E-state index in [1.165, 1.54) is 35.2 Å². The molecule has 1 N–H and O–H groups in total. The molecular weight excluding hydrogens is 348 g/mol. The Labute approximate surface area is 156 Å². The average molecular weight is 368 g/mol. The summed E-state index contributed by atoms with van der Waals surface area (Å²) >= 11 is 0. The van der Waals surface area contributed by atoms with Crippen molar-refractivity contribution in [2.45, 2.75) is 13.8 Å². The smallest absolute Gasteiger partial charge is 0.264 e. The Morgan fingerprint density at radius 3 is 2.52 bits per heavy atom. The number of carbonyl (C=O) groups is 3. The molecule has 1 aliphatic heterocycles. The van der Waals surface area contributed by atoms with Crippen LogP contribution < -0.4 is 5.43 Å². The van der Waals surface area contributed by atoms with Crippen molar-refractivity contribution in [3.05, 3.63) is 41.7 Å². The van der Waals surface area contributed by atoms with E-state index in [1.807, 2.05) is 26.0 Å². The number of hydrogen-bond donors (Lipinski definition) is 1. The number of benzene rings is 1. The second-order valence-corrected chi connectivity index (χ2v) is 6.45. The summed E-state index contributed by atoms with van der Waals surface area (Å²) in [7, 11) is 1.54. The van der Waals surface area contributed by atoms with E-state index in [4.69, 9.17) is 0 Å². The van der Waals surface area contributed by atoms with E-state index in [0.29, 0.717) is 5.82 Å². The van der Waals surface area contributed by atoms with Crippen molar-refractivity contribution in [2.24, 2.45) is 0 Å². The molecule has 0 radical (unpaired) electrons. The van der Waals surface area contributed by atoms with E-state index < -0.39 is 5.91 Å². The number of rotatable bonds is 4. The molecule has 3 rings (SSSR count). The van der Waals surface area contributed by atoms with Crippen LogP contribution in [0.25, 0.3) is 17.6 Å². The van der Waals surface area contributed by atoms with Gasteiger partial charge in [-0.2, -0.15) is 0 Å². The standard InChI is InChI=1S/C18H20N6O3/c1-12-6-13(2)8-14(7-12)18-19-11-23(21-18)5-4-15(25)20-24-10-16(26)22(3)9-17(24)27/h4-8,11H,9-10H2,1-3H3,(H,20,25)/b5-4-. The van der Waals surface area contributed by atoms with Gasteiger partial charge in [-0.15, -0.1) is 5.10 Å². The maximum Gasteiger partial charge on any atom is 0.264 e. The number of hydrogen-bond acceptors (Lipinski definition) is 5. The Kier molecular flexibility index (Phi) is 5.02. The monoisotopic (exact) mass is 368 g/mol. The number of nitrogens with one attached hydrogen (secondary N) is 1. The Morgan fingerprint density at radius 1 is 1.11 bits per heavy atom. The number of hydrazine groups is 1. The summed E-state index contributed by atoms with van der Waals surface area (Å²) in [5, 5.41) is 5.33. The second-order valence-electron chi connectivity index (χ2n) is 6.45. The summed E-state index contributed by atoms with van der Waals surface area (Å²) in [6.45, 7) is 3.75. The van der Waals surface area contributed by atoms with E-state index in [1.54, 1.807) is 0 Å². The fourth-order valence-electron chi connectivity index (χ4n) is 2.72. The minimum Gasteiger partial charge on any atom is -0.335 e. The molecule has 1 fully saturated rings. The molecule has 0 saturated carbocycles. The highest BCUT2D eigenvalue weighted by Crippen LogP contribution is 2.18. The highest BCUT2D eigenvalue weighted by Gasteiger charge is 2.28. The molecule has 0 atom stereocenters. The number of carbonyl (C=O) groups excluding carboxylic acids is 3. The molecule has 0 aliphatic carbocycles. The van der Waals surface area contributed by atoms with Crippen LogP contribution in [0.4, 0.5) is 0 Å². The number of amides is 3. The zero-order valence-electron chi connectivity index (χ0n) is 15.3. The zero-order valence-corrected chi connectivity index (χ0v) is 15.3. The predicted molar refractivity (Wildman–Crippen MR) is 97.8 cm³/mol. The third-order valence-corrected chi connectivity index (χ3v) is 4.00. The Bertz CT molecular complexity index is 913. The second kappa shape index (κ2) is 7.40. The van der Waals surface area contributed by atoms with Crippen molar-refractivity contribution in [1.82, 2.24) is 30.1 Å². The molecule has 1 aliphatic rings. The first-order valence-corrected chi connectivity index (χ1v) is 8.35. The van der Waals surface area contributed by atoms with Gasteiger partial charge in [0.2, 0.25) is 5.91 Å². The lowest BCUT2D eigenvalue weighted by Gasteiger charge is -2.31. The summed E-state index contributed by atoms with van der Waals surface area (Å²) in [6.07, 6.45) is 4.13. The minimum atomic E-state index is -0.538. The van der Waals surface area contributed by atoms with Crippen molar-refractivity contribution in [2.75, 3.05) is 20.1 Å². The minimum absolute atomic E-state index is 0.0643. The lowest BCUT2D eigenvalue weighted by molar-refractivity contribution is -0.153. The van der Waals surface area contributed by atoms with Gasteiger partial charge in [-0.05, 0) is 26.0 Å². The number of piperazine rings is 1. The molecule has 9 nitrogen and oxygen atoms in total. The van der Waals surface area contributed by atoms with Gasteiger partial charge in [-0.25, -0.2) is 14.7 Å². The van der Waals surface area contributed by atoms with Gasteiger partial charge in [0.25, 0.3) is 11.8 Å². The van der Waals surface area contributed by atoms with Gasteiger partial charge < -0.3 is 4.90 Å². The van der Waals surface area contributed by atoms with Crippen LogP contribution in [0.3, 0.4) is 0 Å². The fourth-order valence-corrected chi connectivity index (χ4v) is 2.72. The van der Waals surface area contributed by atoms with Crippen LogP contribution in [0.15, 0.2) is 30.6 Å². The van der Waals surface area contributed by atoms with Crippen LogP contribution in [0.2, 0.25) is 0 Å². The summed E-state index contributed by atoms with van der Waals surface area (Å²) in [6, 6.07) is 6.04. The van der Waals surface area contributed by atoms with Gasteiger partial charge in [-0.1, -0.05) is 17.2 Å². The van der Waals surface area contributed by atoms with E-state index >= 15 is 0 Å². The summed E-state index contributed by atoms with van der Waals surface area (Å²) < 4.78 is 1.41. The Morgan fingerprint density at radius 2 is 1.81 bits per heavy atom. The van der Waals surface area contributed by atoms with Crippen LogP contribution in [0.5, 0.6) is 0 Å². The molecule has 3 amide bonds. The van der Waals surface area contributed by atoms with Crippen molar-refractivity contribution < 1.29 is 14.4 Å². The lowest BCUT2D eigenvalue weighted by Crippen LogP contribution is -2.58. The van der Waals surface area contributed by atoms with E-state index in [-0.39, 0.29) is 24.9 Å². The maximum atomic E-state index is 12.0. The van der Waals surface area contributed by atoms with Gasteiger partial charge in [-0.3, -0.25) is 19.8 Å². The van der Waals surface area contributed by atoms with E-state index in [0.717, 1.165) is 21.7 Å². The van der Waals surface area contributed by atoms with Crippen LogP contribution in [0, 0.1) is 13.8 Å². The number of aryl methyl sites for hydroxylation is 2. The first kappa shape index (κ1) is 18.3. The molecule has 0 spiro atoms. The quantitative estimate of drug-likeness (QED) is 0.786. The third-order valence-electron chi connectivity index (χ3n) is 4.00. The van der Waals surface area contributed by atoms with Gasteiger partial charge in [0.1, 0.15) is 19.4 Å². The molecule has 140 valence electrons. The molecule has 1 saturated heterocycles. The Hall–Kier alpha value is -3.49. The molecule has 1 aromatic heterocycles. The van der Waals surface area contributed by atoms with Gasteiger partial charge in [0, 0.05) is 24.9 Å². The van der Waals surface area contributed by atoms with Crippen molar-refractivity contribution in [3.8, 4) is 11.4 Å². The molecule has 0 bridgehead atoms. The van der Waals surface area contributed by atoms with Crippen LogP contribution in [-0.2, 0) is 14.4 Å². The maximum absolute atomic E-state index is 12.0. The number of nitrogens with zero attached hydrogens (tertiary/aromatic N) is 5. The molecule has 1 aromatic carbocycles. The van der Waals surface area contributed by atoms with E-state index in [2.05, 4.69) is 21.6 Å². The number of likely N-dealkylation sites (N-methyl/N-ethyl adjacent to an activating group) is 1. The van der Waals surface area contributed by atoms with Crippen molar-refractivity contribution in [1.29, 1.82) is 0 Å². The first-order chi connectivity index (χ1) is 12.8. The van der Waals surface area contributed by atoms with Crippen LogP contribution in [0.1, 0.15) is 11.1 Å². The topological polar surface area (TPSA) is 100 Å². The largest absolute Gasteiger partial charge is 0.335 e. The molecule has 2 aromatic rings. The molecule has 27 heavy (non-hydrogen) atoms. The summed E-state index contributed by atoms with van der Waals surface area (Å²) in [4.78, 5) is 41.0. The molecule has 0 unspecified atom stereocenters. The fraction of sp³-hybridized carbons (Fsp3) is 0.278. The highest BCUT2D eigenvalue weighted by molar-refractivity contribution is 5.96. The highest BCUT2D eigenvalue weighted by atomic mass is 16.2. The molecular formula is C18H20N6O3. The van der Waals surface area contributed by atoms with Gasteiger partial charge >= 0.3 is 0 Å². The summed E-state index contributed by atoms with van der Waals surface area (Å²) in [5.41, 5.74) is 5.51. The lowest BCUT2D eigenvalue weighted by atomic mass is 10.1. The predicted octanol–water partition coefficient (Wildman–Crippen LogP) is 0.364. The SMILES string of the molecule is Cc1cc(C)cc(-c2ncn(/C=C\C(=O)NN3CC(=O)N(C)CC3=O)n2)c1. The van der Waals surface area contributed by atoms with Crippen molar-refractivity contribution in [3.63, 3.8) is 0 Å². The van der Waals surface area contributed by atoms with Crippen molar-refractivity contribution >= 4 is 23.9 Å². The third kappa shape index (κ3) is 4.38. The summed E-state index contributed by atoms with van der Waals surface area (Å²) in [5.74, 6) is -0.583. The number of aromatic nitrogens is 3. The molecule has 2 heterocycles. The Balaban J connectivity index is 1.64. The van der Waals surface area contributed by atoms with Gasteiger partial charge in [0.05, 0.1) is 0 Å².